The van der Waals surface area contributed by atoms with Gasteiger partial charge in [0.15, 0.2) is 0 Å². The number of pyridine rings is 1. The quantitative estimate of drug-likeness (QED) is 0.847. The Morgan fingerprint density at radius 2 is 1.67 bits per heavy atom. The minimum Gasteiger partial charge on any atom is -0.378 e. The molecule has 0 saturated heterocycles. The van der Waals surface area contributed by atoms with Crippen molar-refractivity contribution in [1.82, 2.24) is 4.98 Å². The fourth-order valence-corrected chi connectivity index (χ4v) is 1.84. The van der Waals surface area contributed by atoms with Gasteiger partial charge in [-0.25, -0.2) is 4.98 Å². The van der Waals surface area contributed by atoms with Crippen molar-refractivity contribution in [3.05, 3.63) is 47.7 Å². The van der Waals surface area contributed by atoms with Crippen molar-refractivity contribution in [2.45, 2.75) is 6.18 Å². The van der Waals surface area contributed by atoms with Gasteiger partial charge in [-0.05, 0) is 24.3 Å². The molecular formula is C15H12F3N3. The molecule has 2 aromatic rings. The Morgan fingerprint density at radius 1 is 1.05 bits per heavy atom. The van der Waals surface area contributed by atoms with E-state index in [0.717, 1.165) is 17.8 Å². The minimum absolute atomic E-state index is 0.0395. The first-order valence-corrected chi connectivity index (χ1v) is 6.09. The van der Waals surface area contributed by atoms with Crippen LogP contribution in [0, 0.1) is 11.3 Å². The van der Waals surface area contributed by atoms with E-state index in [2.05, 4.69) is 4.98 Å². The Morgan fingerprint density at radius 3 is 2.14 bits per heavy atom. The Labute approximate surface area is 120 Å². The molecule has 0 aliphatic carbocycles. The molecule has 0 bridgehead atoms. The monoisotopic (exact) mass is 291 g/mol. The van der Waals surface area contributed by atoms with Crippen LogP contribution < -0.4 is 4.90 Å². The van der Waals surface area contributed by atoms with Crippen LogP contribution in [0.3, 0.4) is 0 Å². The van der Waals surface area contributed by atoms with Crippen LogP contribution in [0.4, 0.5) is 18.9 Å². The van der Waals surface area contributed by atoms with Crippen molar-refractivity contribution >= 4 is 5.69 Å². The molecule has 0 atom stereocenters. The van der Waals surface area contributed by atoms with Gasteiger partial charge >= 0.3 is 6.18 Å². The molecule has 108 valence electrons. The number of nitriles is 1. The van der Waals surface area contributed by atoms with E-state index in [-0.39, 0.29) is 11.3 Å². The van der Waals surface area contributed by atoms with E-state index in [1.54, 1.807) is 24.3 Å². The largest absolute Gasteiger partial charge is 0.433 e. The fourth-order valence-electron chi connectivity index (χ4n) is 1.84. The molecule has 6 heteroatoms. The smallest absolute Gasteiger partial charge is 0.378 e. The zero-order valence-corrected chi connectivity index (χ0v) is 11.4. The van der Waals surface area contributed by atoms with Gasteiger partial charge in [0.05, 0.1) is 11.3 Å². The van der Waals surface area contributed by atoms with Crippen LogP contribution in [0.1, 0.15) is 11.3 Å². The molecule has 0 saturated carbocycles. The summed E-state index contributed by atoms with van der Waals surface area (Å²) in [7, 11) is 3.72. The lowest BCUT2D eigenvalue weighted by molar-refractivity contribution is -0.141. The topological polar surface area (TPSA) is 39.9 Å². The van der Waals surface area contributed by atoms with Crippen LogP contribution in [-0.4, -0.2) is 19.1 Å². The summed E-state index contributed by atoms with van der Waals surface area (Å²) in [6, 6.07) is 10.7. The number of aromatic nitrogens is 1. The van der Waals surface area contributed by atoms with E-state index in [9.17, 15) is 13.2 Å². The standard InChI is InChI=1S/C15H12F3N3/c1-21(2)12-6-3-10(4-7-12)14-11(9-19)5-8-13(20-14)15(16,17)18/h3-8H,1-2H3. The first-order chi connectivity index (χ1) is 9.82. The first-order valence-electron chi connectivity index (χ1n) is 6.09. The summed E-state index contributed by atoms with van der Waals surface area (Å²) in [6.45, 7) is 0. The summed E-state index contributed by atoms with van der Waals surface area (Å²) >= 11 is 0. The van der Waals surface area contributed by atoms with Crippen molar-refractivity contribution in [3.63, 3.8) is 0 Å². The van der Waals surface area contributed by atoms with Gasteiger partial charge in [0.25, 0.3) is 0 Å². The van der Waals surface area contributed by atoms with Crippen LogP contribution in [0.5, 0.6) is 0 Å². The second kappa shape index (κ2) is 5.44. The van der Waals surface area contributed by atoms with E-state index in [1.165, 1.54) is 0 Å². The number of halogens is 3. The van der Waals surface area contributed by atoms with Gasteiger partial charge in [0.2, 0.25) is 0 Å². The molecule has 1 aromatic heterocycles. The van der Waals surface area contributed by atoms with E-state index >= 15 is 0 Å². The Bertz CT molecular complexity index is 683. The van der Waals surface area contributed by atoms with Gasteiger partial charge in [0, 0.05) is 25.3 Å². The van der Waals surface area contributed by atoms with Gasteiger partial charge < -0.3 is 4.90 Å². The molecule has 0 aliphatic heterocycles. The van der Waals surface area contributed by atoms with Crippen molar-refractivity contribution in [1.29, 1.82) is 5.26 Å². The molecule has 3 nitrogen and oxygen atoms in total. The molecule has 0 fully saturated rings. The maximum Gasteiger partial charge on any atom is 0.433 e. The molecule has 0 N–H and O–H groups in total. The number of nitrogens with zero attached hydrogens (tertiary/aromatic N) is 3. The second-order valence-electron chi connectivity index (χ2n) is 4.64. The lowest BCUT2D eigenvalue weighted by Crippen LogP contribution is -2.09. The van der Waals surface area contributed by atoms with Crippen molar-refractivity contribution in [3.8, 4) is 17.3 Å². The number of hydrogen-bond donors (Lipinski definition) is 0. The summed E-state index contributed by atoms with van der Waals surface area (Å²) in [5.74, 6) is 0. The van der Waals surface area contributed by atoms with Crippen LogP contribution in [0.15, 0.2) is 36.4 Å². The summed E-state index contributed by atoms with van der Waals surface area (Å²) in [5, 5.41) is 9.04. The summed E-state index contributed by atoms with van der Waals surface area (Å²) in [4.78, 5) is 5.47. The van der Waals surface area contributed by atoms with Gasteiger partial charge in [-0.15, -0.1) is 0 Å². The molecule has 1 heterocycles. The number of rotatable bonds is 2. The highest BCUT2D eigenvalue weighted by atomic mass is 19.4. The fraction of sp³-hybridized carbons (Fsp3) is 0.200. The van der Waals surface area contributed by atoms with E-state index in [4.69, 9.17) is 5.26 Å². The van der Waals surface area contributed by atoms with E-state index in [0.29, 0.717) is 5.56 Å². The third-order valence-electron chi connectivity index (χ3n) is 2.96. The van der Waals surface area contributed by atoms with Crippen LogP contribution >= 0.6 is 0 Å². The van der Waals surface area contributed by atoms with E-state index < -0.39 is 11.9 Å². The predicted octanol–water partition coefficient (Wildman–Crippen LogP) is 3.71. The summed E-state index contributed by atoms with van der Waals surface area (Å²) in [5.41, 5.74) is 0.527. The molecular weight excluding hydrogens is 279 g/mol. The number of anilines is 1. The normalized spacial score (nSPS) is 11.0. The molecule has 1 aromatic carbocycles. The van der Waals surface area contributed by atoms with Crippen LogP contribution in [0.25, 0.3) is 11.3 Å². The molecule has 21 heavy (non-hydrogen) atoms. The van der Waals surface area contributed by atoms with Crippen molar-refractivity contribution in [2.24, 2.45) is 0 Å². The summed E-state index contributed by atoms with van der Waals surface area (Å²) in [6.07, 6.45) is -4.54. The minimum atomic E-state index is -4.54. The second-order valence-corrected chi connectivity index (χ2v) is 4.64. The zero-order valence-electron chi connectivity index (χ0n) is 11.4. The lowest BCUT2D eigenvalue weighted by atomic mass is 10.1. The number of benzene rings is 1. The molecule has 2 rings (SSSR count). The average Bonchev–Trinajstić information content (AvgIpc) is 2.45. The predicted molar refractivity (Wildman–Crippen MR) is 73.7 cm³/mol. The van der Waals surface area contributed by atoms with E-state index in [1.807, 2.05) is 25.1 Å². The maximum atomic E-state index is 12.7. The maximum absolute atomic E-state index is 12.7. The zero-order chi connectivity index (χ0) is 15.6. The molecule has 0 radical (unpaired) electrons. The lowest BCUT2D eigenvalue weighted by Gasteiger charge is -2.13. The Kier molecular flexibility index (Phi) is 3.85. The first kappa shape index (κ1) is 14.9. The van der Waals surface area contributed by atoms with Gasteiger partial charge in [0.1, 0.15) is 11.8 Å². The van der Waals surface area contributed by atoms with Crippen molar-refractivity contribution in [2.75, 3.05) is 19.0 Å². The molecule has 0 amide bonds. The van der Waals surface area contributed by atoms with Gasteiger partial charge in [-0.3, -0.25) is 0 Å². The summed E-state index contributed by atoms with van der Waals surface area (Å²) < 4.78 is 38.2. The highest BCUT2D eigenvalue weighted by Gasteiger charge is 2.33. The Balaban J connectivity index is 2.53. The average molecular weight is 291 g/mol. The highest BCUT2D eigenvalue weighted by Crippen LogP contribution is 2.31. The third kappa shape index (κ3) is 3.14. The van der Waals surface area contributed by atoms with Crippen molar-refractivity contribution < 1.29 is 13.2 Å². The molecule has 0 unspecified atom stereocenters. The highest BCUT2D eigenvalue weighted by molar-refractivity contribution is 5.68. The van der Waals surface area contributed by atoms with Crippen LogP contribution in [0.2, 0.25) is 0 Å². The Hall–Kier alpha value is -2.55. The van der Waals surface area contributed by atoms with Gasteiger partial charge in [-0.2, -0.15) is 18.4 Å². The number of hydrogen-bond acceptors (Lipinski definition) is 3. The molecule has 0 aliphatic rings. The SMILES string of the molecule is CN(C)c1ccc(-c2nc(C(F)(F)F)ccc2C#N)cc1. The third-order valence-corrected chi connectivity index (χ3v) is 2.96. The number of alkyl halides is 3. The van der Waals surface area contributed by atoms with Crippen LogP contribution in [-0.2, 0) is 6.18 Å². The van der Waals surface area contributed by atoms with Gasteiger partial charge in [-0.1, -0.05) is 12.1 Å². The molecule has 0 spiro atoms.